The molecule has 0 aromatic heterocycles. The lowest BCUT2D eigenvalue weighted by atomic mass is 9.88. The van der Waals surface area contributed by atoms with Gasteiger partial charge in [0.2, 0.25) is 0 Å². The van der Waals surface area contributed by atoms with Crippen LogP contribution in [0.2, 0.25) is 0 Å². The molecule has 4 heteroatoms. The standard InChI is InChI=1S/C11H24N2O2/c1-10(14-4)12-9-11(13(2)3)5-7-15-8-6-11/h10,12H,5-9H2,1-4H3. The van der Waals surface area contributed by atoms with E-state index in [2.05, 4.69) is 24.3 Å². The predicted octanol–water partition coefficient (Wildman–Crippen LogP) is 0.679. The van der Waals surface area contributed by atoms with E-state index in [1.165, 1.54) is 0 Å². The summed E-state index contributed by atoms with van der Waals surface area (Å²) in [4.78, 5) is 2.31. The molecule has 0 spiro atoms. The smallest absolute Gasteiger partial charge is 0.104 e. The second kappa shape index (κ2) is 5.80. The molecule has 1 aliphatic heterocycles. The molecule has 1 saturated heterocycles. The molecule has 1 N–H and O–H groups in total. The number of ether oxygens (including phenoxy) is 2. The average Bonchev–Trinajstić information content (AvgIpc) is 2.27. The number of nitrogens with one attached hydrogen (secondary N) is 1. The van der Waals surface area contributed by atoms with Gasteiger partial charge in [-0.05, 0) is 33.9 Å². The van der Waals surface area contributed by atoms with E-state index in [0.29, 0.717) is 0 Å². The molecule has 1 atom stereocenters. The fourth-order valence-corrected chi connectivity index (χ4v) is 1.95. The third kappa shape index (κ3) is 3.41. The van der Waals surface area contributed by atoms with Crippen LogP contribution in [-0.2, 0) is 9.47 Å². The Morgan fingerprint density at radius 2 is 2.00 bits per heavy atom. The molecule has 0 amide bonds. The average molecular weight is 216 g/mol. The van der Waals surface area contributed by atoms with Crippen LogP contribution in [-0.4, -0.2) is 57.6 Å². The summed E-state index contributed by atoms with van der Waals surface area (Å²) in [6, 6.07) is 0. The largest absolute Gasteiger partial charge is 0.381 e. The molecule has 1 heterocycles. The maximum Gasteiger partial charge on any atom is 0.104 e. The molecule has 1 fully saturated rings. The van der Waals surface area contributed by atoms with Crippen molar-refractivity contribution in [2.24, 2.45) is 0 Å². The molecule has 0 saturated carbocycles. The SMILES string of the molecule is COC(C)NCC1(N(C)C)CCOCC1. The van der Waals surface area contributed by atoms with E-state index < -0.39 is 0 Å². The van der Waals surface area contributed by atoms with Gasteiger partial charge in [-0.3, -0.25) is 5.32 Å². The van der Waals surface area contributed by atoms with Gasteiger partial charge in [0.25, 0.3) is 0 Å². The summed E-state index contributed by atoms with van der Waals surface area (Å²) in [6.07, 6.45) is 2.29. The summed E-state index contributed by atoms with van der Waals surface area (Å²) >= 11 is 0. The Labute approximate surface area is 92.9 Å². The Balaban J connectivity index is 2.49. The highest BCUT2D eigenvalue weighted by Crippen LogP contribution is 2.25. The van der Waals surface area contributed by atoms with Crippen molar-refractivity contribution < 1.29 is 9.47 Å². The van der Waals surface area contributed by atoms with E-state index in [0.717, 1.165) is 32.6 Å². The second-order valence-electron chi connectivity index (χ2n) is 4.49. The highest BCUT2D eigenvalue weighted by atomic mass is 16.5. The molecule has 1 aliphatic rings. The molecule has 0 radical (unpaired) electrons. The molecule has 0 bridgehead atoms. The van der Waals surface area contributed by atoms with Crippen molar-refractivity contribution in [3.8, 4) is 0 Å². The Kier molecular flexibility index (Phi) is 4.99. The summed E-state index contributed by atoms with van der Waals surface area (Å²) in [5, 5.41) is 3.40. The molecule has 0 aliphatic carbocycles. The van der Waals surface area contributed by atoms with Crippen molar-refractivity contribution in [1.82, 2.24) is 10.2 Å². The fraction of sp³-hybridized carbons (Fsp3) is 1.00. The lowest BCUT2D eigenvalue weighted by Gasteiger charge is -2.43. The van der Waals surface area contributed by atoms with Crippen molar-refractivity contribution in [1.29, 1.82) is 0 Å². The number of hydrogen-bond acceptors (Lipinski definition) is 4. The van der Waals surface area contributed by atoms with Gasteiger partial charge in [0, 0.05) is 32.4 Å². The Hall–Kier alpha value is -0.160. The predicted molar refractivity (Wildman–Crippen MR) is 60.9 cm³/mol. The summed E-state index contributed by atoms with van der Waals surface area (Å²) < 4.78 is 10.6. The number of hydrogen-bond donors (Lipinski definition) is 1. The van der Waals surface area contributed by atoms with Gasteiger partial charge in [-0.1, -0.05) is 0 Å². The van der Waals surface area contributed by atoms with E-state index in [4.69, 9.17) is 9.47 Å². The Morgan fingerprint density at radius 3 is 2.47 bits per heavy atom. The summed E-state index contributed by atoms with van der Waals surface area (Å²) in [6.45, 7) is 4.71. The number of rotatable bonds is 5. The first-order valence-electron chi connectivity index (χ1n) is 5.62. The van der Waals surface area contributed by atoms with Gasteiger partial charge in [-0.25, -0.2) is 0 Å². The van der Waals surface area contributed by atoms with Crippen LogP contribution >= 0.6 is 0 Å². The zero-order valence-electron chi connectivity index (χ0n) is 10.4. The van der Waals surface area contributed by atoms with E-state index in [9.17, 15) is 0 Å². The summed E-state index contributed by atoms with van der Waals surface area (Å²) in [5.41, 5.74) is 0.227. The molecule has 0 aromatic carbocycles. The van der Waals surface area contributed by atoms with Crippen molar-refractivity contribution in [2.75, 3.05) is 41.0 Å². The Morgan fingerprint density at radius 1 is 1.40 bits per heavy atom. The van der Waals surface area contributed by atoms with Crippen molar-refractivity contribution in [3.63, 3.8) is 0 Å². The minimum atomic E-state index is 0.115. The normalized spacial score (nSPS) is 23.0. The van der Waals surface area contributed by atoms with Crippen LogP contribution in [0.5, 0.6) is 0 Å². The highest BCUT2D eigenvalue weighted by Gasteiger charge is 2.34. The minimum Gasteiger partial charge on any atom is -0.381 e. The maximum atomic E-state index is 5.42. The molecule has 90 valence electrons. The van der Waals surface area contributed by atoms with Gasteiger partial charge in [-0.2, -0.15) is 0 Å². The fourth-order valence-electron chi connectivity index (χ4n) is 1.95. The minimum absolute atomic E-state index is 0.115. The maximum absolute atomic E-state index is 5.42. The van der Waals surface area contributed by atoms with Crippen LogP contribution in [0.3, 0.4) is 0 Å². The topological polar surface area (TPSA) is 33.7 Å². The van der Waals surface area contributed by atoms with Gasteiger partial charge in [0.1, 0.15) is 6.23 Å². The Bertz CT molecular complexity index is 179. The van der Waals surface area contributed by atoms with Crippen molar-refractivity contribution in [3.05, 3.63) is 0 Å². The van der Waals surface area contributed by atoms with Crippen molar-refractivity contribution in [2.45, 2.75) is 31.5 Å². The highest BCUT2D eigenvalue weighted by molar-refractivity contribution is 4.92. The lowest BCUT2D eigenvalue weighted by Crippen LogP contribution is -2.56. The van der Waals surface area contributed by atoms with E-state index in [1.807, 2.05) is 6.92 Å². The van der Waals surface area contributed by atoms with Gasteiger partial charge in [0.05, 0.1) is 0 Å². The van der Waals surface area contributed by atoms with Crippen LogP contribution in [0.15, 0.2) is 0 Å². The molecule has 1 rings (SSSR count). The first-order valence-corrected chi connectivity index (χ1v) is 5.62. The van der Waals surface area contributed by atoms with Gasteiger partial charge in [-0.15, -0.1) is 0 Å². The third-order valence-electron chi connectivity index (χ3n) is 3.44. The molecular weight excluding hydrogens is 192 g/mol. The van der Waals surface area contributed by atoms with Gasteiger partial charge >= 0.3 is 0 Å². The third-order valence-corrected chi connectivity index (χ3v) is 3.44. The van der Waals surface area contributed by atoms with Crippen LogP contribution in [0.4, 0.5) is 0 Å². The summed E-state index contributed by atoms with van der Waals surface area (Å²) in [5.74, 6) is 0. The van der Waals surface area contributed by atoms with Gasteiger partial charge in [0.15, 0.2) is 0 Å². The number of likely N-dealkylation sites (N-methyl/N-ethyl adjacent to an activating group) is 1. The van der Waals surface area contributed by atoms with E-state index in [1.54, 1.807) is 7.11 Å². The number of methoxy groups -OCH3 is 1. The van der Waals surface area contributed by atoms with Crippen LogP contribution < -0.4 is 5.32 Å². The van der Waals surface area contributed by atoms with Crippen molar-refractivity contribution >= 4 is 0 Å². The number of nitrogens with zero attached hydrogens (tertiary/aromatic N) is 1. The molecule has 15 heavy (non-hydrogen) atoms. The van der Waals surface area contributed by atoms with Crippen LogP contribution in [0.25, 0.3) is 0 Å². The van der Waals surface area contributed by atoms with Crippen LogP contribution in [0, 0.1) is 0 Å². The molecule has 4 nitrogen and oxygen atoms in total. The zero-order chi connectivity index (χ0) is 11.3. The summed E-state index contributed by atoms with van der Waals surface area (Å²) in [7, 11) is 6.01. The molecule has 1 unspecified atom stereocenters. The first-order chi connectivity index (χ1) is 7.10. The first kappa shape index (κ1) is 12.9. The van der Waals surface area contributed by atoms with E-state index >= 15 is 0 Å². The zero-order valence-corrected chi connectivity index (χ0v) is 10.4. The lowest BCUT2D eigenvalue weighted by molar-refractivity contribution is -0.0173. The molecular formula is C11H24N2O2. The van der Waals surface area contributed by atoms with Crippen LogP contribution in [0.1, 0.15) is 19.8 Å². The quantitative estimate of drug-likeness (QED) is 0.685. The van der Waals surface area contributed by atoms with Gasteiger partial charge < -0.3 is 14.4 Å². The van der Waals surface area contributed by atoms with E-state index in [-0.39, 0.29) is 11.8 Å². The monoisotopic (exact) mass is 216 g/mol. The molecule has 0 aromatic rings. The second-order valence-corrected chi connectivity index (χ2v) is 4.49.